The first-order chi connectivity index (χ1) is 5.41. The van der Waals surface area contributed by atoms with Gasteiger partial charge in [0.05, 0.1) is 9.37 Å². The Morgan fingerprint density at radius 1 is 1.38 bits per heavy atom. The largest absolute Gasteiger partial charge is 0.238 e. The molecule has 0 atom stereocenters. The van der Waals surface area contributed by atoms with Gasteiger partial charge in [-0.15, -0.1) is 0 Å². The Kier molecular flexibility index (Phi) is 4.02. The lowest BCUT2D eigenvalue weighted by atomic mass is 10.3. The van der Waals surface area contributed by atoms with Gasteiger partial charge in [0.15, 0.2) is 0 Å². The summed E-state index contributed by atoms with van der Waals surface area (Å²) >= 11 is 2.84. The molecule has 0 radical (unpaired) electrons. The van der Waals surface area contributed by atoms with E-state index in [0.717, 1.165) is 18.2 Å². The first-order valence-electron chi connectivity index (χ1n) is 2.89. The molecule has 0 bridgehead atoms. The van der Waals surface area contributed by atoms with E-state index in [1.165, 1.54) is 0 Å². The number of nitrogens with two attached hydrogens (primary N) is 1. The molecule has 0 aliphatic heterocycles. The van der Waals surface area contributed by atoms with Gasteiger partial charge in [0, 0.05) is 0 Å². The van der Waals surface area contributed by atoms with Gasteiger partial charge < -0.3 is 0 Å². The topological polar surface area (TPSA) is 60.2 Å². The Labute approximate surface area is 84.9 Å². The quantitative estimate of drug-likeness (QED) is 0.846. The molecule has 2 N–H and O–H groups in total. The van der Waals surface area contributed by atoms with Gasteiger partial charge in [-0.1, -0.05) is 7.43 Å². The minimum absolute atomic E-state index is 0. The van der Waals surface area contributed by atoms with Gasteiger partial charge in [0.25, 0.3) is 0 Å². The molecule has 0 heterocycles. The summed E-state index contributed by atoms with van der Waals surface area (Å²) in [5, 5.41) is 4.80. The molecule has 0 amide bonds. The van der Waals surface area contributed by atoms with Crippen LogP contribution in [0.5, 0.6) is 0 Å². The molecule has 1 aromatic rings. The highest BCUT2D eigenvalue weighted by molar-refractivity contribution is 9.10. The van der Waals surface area contributed by atoms with Crippen molar-refractivity contribution in [2.45, 2.75) is 12.3 Å². The van der Waals surface area contributed by atoms with E-state index < -0.39 is 15.8 Å². The lowest BCUT2D eigenvalue weighted by Gasteiger charge is -1.98. The van der Waals surface area contributed by atoms with E-state index in [0.29, 0.717) is 0 Å². The summed E-state index contributed by atoms with van der Waals surface area (Å²) < 4.78 is 34.1. The first kappa shape index (κ1) is 12.5. The number of hydrogen-bond acceptors (Lipinski definition) is 2. The fourth-order valence-electron chi connectivity index (χ4n) is 0.654. The number of benzene rings is 1. The van der Waals surface area contributed by atoms with Crippen LogP contribution in [0.3, 0.4) is 0 Å². The van der Waals surface area contributed by atoms with Crippen LogP contribution in [-0.2, 0) is 10.0 Å². The normalized spacial score (nSPS) is 10.7. The second kappa shape index (κ2) is 4.17. The fraction of sp³-hybridized carbons (Fsp3) is 0.143. The van der Waals surface area contributed by atoms with Crippen LogP contribution in [0.4, 0.5) is 4.39 Å². The molecular formula is C7H9BrFNO2S. The molecule has 0 aliphatic rings. The highest BCUT2D eigenvalue weighted by atomic mass is 79.9. The van der Waals surface area contributed by atoms with Gasteiger partial charge in [-0.3, -0.25) is 0 Å². The van der Waals surface area contributed by atoms with E-state index in [2.05, 4.69) is 15.9 Å². The number of rotatable bonds is 1. The molecule has 0 aromatic heterocycles. The summed E-state index contributed by atoms with van der Waals surface area (Å²) in [6, 6.07) is 3.25. The maximum atomic E-state index is 12.6. The molecule has 6 heteroatoms. The monoisotopic (exact) mass is 269 g/mol. The van der Waals surface area contributed by atoms with Gasteiger partial charge in [-0.2, -0.15) is 0 Å². The van der Waals surface area contributed by atoms with E-state index >= 15 is 0 Å². The predicted octanol–water partition coefficient (Wildman–Crippen LogP) is 1.87. The predicted molar refractivity (Wildman–Crippen MR) is 52.2 cm³/mol. The van der Waals surface area contributed by atoms with Crippen LogP contribution in [0, 0.1) is 5.82 Å². The second-order valence-electron chi connectivity index (χ2n) is 2.12. The second-order valence-corrected chi connectivity index (χ2v) is 4.54. The highest BCUT2D eigenvalue weighted by Crippen LogP contribution is 2.18. The standard InChI is InChI=1S/C6H5BrFNO2S.CH4/c7-5-3-4(12(9,10)11)1-2-6(5)8;/h1-3H,(H2,9,10,11);1H4. The van der Waals surface area contributed by atoms with Crippen molar-refractivity contribution in [3.63, 3.8) is 0 Å². The molecule has 1 aromatic carbocycles. The Morgan fingerprint density at radius 3 is 2.31 bits per heavy atom. The van der Waals surface area contributed by atoms with Gasteiger partial charge >= 0.3 is 0 Å². The maximum absolute atomic E-state index is 12.6. The van der Waals surface area contributed by atoms with E-state index in [1.807, 2.05) is 0 Å². The molecule has 0 aliphatic carbocycles. The third kappa shape index (κ3) is 3.06. The molecule has 0 unspecified atom stereocenters. The van der Waals surface area contributed by atoms with Crippen molar-refractivity contribution < 1.29 is 12.8 Å². The Bertz CT molecular complexity index is 405. The average Bonchev–Trinajstić information content (AvgIpc) is 1.92. The maximum Gasteiger partial charge on any atom is 0.238 e. The first-order valence-corrected chi connectivity index (χ1v) is 5.23. The molecule has 0 spiro atoms. The number of primary sulfonamides is 1. The third-order valence-electron chi connectivity index (χ3n) is 1.22. The van der Waals surface area contributed by atoms with Crippen LogP contribution >= 0.6 is 15.9 Å². The van der Waals surface area contributed by atoms with Crippen molar-refractivity contribution >= 4 is 26.0 Å². The molecule has 74 valence electrons. The van der Waals surface area contributed by atoms with Gasteiger partial charge in [-0.05, 0) is 34.1 Å². The molecule has 0 saturated carbocycles. The summed E-state index contributed by atoms with van der Waals surface area (Å²) in [7, 11) is -3.74. The van der Waals surface area contributed by atoms with Crippen molar-refractivity contribution in [1.82, 2.24) is 0 Å². The Hall–Kier alpha value is -0.460. The van der Waals surface area contributed by atoms with E-state index in [1.54, 1.807) is 0 Å². The van der Waals surface area contributed by atoms with Crippen molar-refractivity contribution in [3.8, 4) is 0 Å². The van der Waals surface area contributed by atoms with Crippen molar-refractivity contribution in [1.29, 1.82) is 0 Å². The van der Waals surface area contributed by atoms with Crippen LogP contribution in [0.1, 0.15) is 7.43 Å². The van der Waals surface area contributed by atoms with Crippen LogP contribution < -0.4 is 5.14 Å². The smallest absolute Gasteiger partial charge is 0.225 e. The lowest BCUT2D eigenvalue weighted by Crippen LogP contribution is -2.12. The zero-order valence-electron chi connectivity index (χ0n) is 5.79. The fourth-order valence-corrected chi connectivity index (χ4v) is 1.72. The number of hydrogen-bond donors (Lipinski definition) is 1. The van der Waals surface area contributed by atoms with Crippen LogP contribution in [0.25, 0.3) is 0 Å². The van der Waals surface area contributed by atoms with Gasteiger partial charge in [-0.25, -0.2) is 17.9 Å². The van der Waals surface area contributed by atoms with E-state index in [9.17, 15) is 12.8 Å². The molecule has 0 saturated heterocycles. The van der Waals surface area contributed by atoms with Crippen molar-refractivity contribution in [2.75, 3.05) is 0 Å². The zero-order valence-corrected chi connectivity index (χ0v) is 8.19. The molecule has 13 heavy (non-hydrogen) atoms. The van der Waals surface area contributed by atoms with Crippen molar-refractivity contribution in [3.05, 3.63) is 28.5 Å². The third-order valence-corrected chi connectivity index (χ3v) is 2.74. The Morgan fingerprint density at radius 2 is 1.92 bits per heavy atom. The van der Waals surface area contributed by atoms with Crippen molar-refractivity contribution in [2.24, 2.45) is 5.14 Å². The summed E-state index contributed by atoms with van der Waals surface area (Å²) in [6.45, 7) is 0. The average molecular weight is 270 g/mol. The van der Waals surface area contributed by atoms with Crippen LogP contribution in [-0.4, -0.2) is 8.42 Å². The Balaban J connectivity index is 0.00000144. The minimum atomic E-state index is -3.74. The van der Waals surface area contributed by atoms with Crippen LogP contribution in [0.2, 0.25) is 0 Å². The van der Waals surface area contributed by atoms with Gasteiger partial charge in [0.1, 0.15) is 5.82 Å². The molecule has 3 nitrogen and oxygen atoms in total. The lowest BCUT2D eigenvalue weighted by molar-refractivity contribution is 0.595. The number of halogens is 2. The SMILES string of the molecule is C.NS(=O)(=O)c1ccc(F)c(Br)c1. The summed E-state index contributed by atoms with van der Waals surface area (Å²) in [5.74, 6) is -0.526. The van der Waals surface area contributed by atoms with E-state index in [4.69, 9.17) is 5.14 Å². The summed E-state index contributed by atoms with van der Waals surface area (Å²) in [4.78, 5) is -0.115. The minimum Gasteiger partial charge on any atom is -0.225 e. The zero-order chi connectivity index (χ0) is 9.35. The molecule has 0 fully saturated rings. The van der Waals surface area contributed by atoms with E-state index in [-0.39, 0.29) is 16.8 Å². The van der Waals surface area contributed by atoms with Crippen LogP contribution in [0.15, 0.2) is 27.6 Å². The summed E-state index contributed by atoms with van der Waals surface area (Å²) in [5.41, 5.74) is 0. The highest BCUT2D eigenvalue weighted by Gasteiger charge is 2.09. The van der Waals surface area contributed by atoms with Gasteiger partial charge in [0.2, 0.25) is 10.0 Å². The molecular weight excluding hydrogens is 261 g/mol. The molecule has 1 rings (SSSR count). The number of sulfonamides is 1. The summed E-state index contributed by atoms with van der Waals surface area (Å²) in [6.07, 6.45) is 0.